The van der Waals surface area contributed by atoms with E-state index in [0.29, 0.717) is 5.69 Å². The fourth-order valence-corrected chi connectivity index (χ4v) is 0.864. The Balaban J connectivity index is 2.47. The zero-order valence-electron chi connectivity index (χ0n) is 8.10. The highest BCUT2D eigenvalue weighted by Gasteiger charge is 2.07. The molecule has 0 atom stereocenters. The van der Waals surface area contributed by atoms with Gasteiger partial charge in [0, 0.05) is 7.05 Å². The molecule has 82 valence electrons. The average molecular weight is 213 g/mol. The van der Waals surface area contributed by atoms with Crippen molar-refractivity contribution in [2.75, 3.05) is 7.05 Å². The molecule has 3 amide bonds. The lowest BCUT2D eigenvalue weighted by Crippen LogP contribution is -2.39. The van der Waals surface area contributed by atoms with Crippen LogP contribution >= 0.6 is 0 Å². The van der Waals surface area contributed by atoms with Gasteiger partial charge in [0.15, 0.2) is 0 Å². The van der Waals surface area contributed by atoms with Crippen molar-refractivity contribution in [2.24, 2.45) is 0 Å². The van der Waals surface area contributed by atoms with E-state index < -0.39 is 11.9 Å². The minimum atomic E-state index is -0.581. The number of urea groups is 1. The van der Waals surface area contributed by atoms with Crippen LogP contribution in [0.5, 0.6) is 0 Å². The fourth-order valence-electron chi connectivity index (χ4n) is 0.864. The molecule has 0 unspecified atom stereocenters. The minimum Gasteiger partial charge on any atom is -0.390 e. The summed E-state index contributed by atoms with van der Waals surface area (Å²) < 4.78 is 1.23. The number of aliphatic hydroxyl groups is 1. The third-order valence-corrected chi connectivity index (χ3v) is 1.53. The lowest BCUT2D eigenvalue weighted by Gasteiger charge is -2.01. The van der Waals surface area contributed by atoms with Gasteiger partial charge in [-0.15, -0.1) is 5.10 Å². The van der Waals surface area contributed by atoms with Gasteiger partial charge in [-0.2, -0.15) is 0 Å². The number of amides is 3. The standard InChI is InChI=1S/C7H11N5O3/c1-8-7(15)9-6(14)3-12-2-5(4-13)10-11-12/h2,13H,3-4H2,1H3,(H2,8,9,14,15). The average Bonchev–Trinajstić information content (AvgIpc) is 2.65. The van der Waals surface area contributed by atoms with Crippen LogP contribution in [0.2, 0.25) is 0 Å². The maximum atomic E-state index is 11.2. The molecule has 0 saturated carbocycles. The SMILES string of the molecule is CNC(=O)NC(=O)Cn1cc(CO)nn1. The normalized spacial score (nSPS) is 9.73. The van der Waals surface area contributed by atoms with E-state index in [4.69, 9.17) is 5.11 Å². The Morgan fingerprint density at radius 1 is 1.60 bits per heavy atom. The Labute approximate surface area is 85.3 Å². The number of hydrogen-bond donors (Lipinski definition) is 3. The van der Waals surface area contributed by atoms with Gasteiger partial charge >= 0.3 is 6.03 Å². The van der Waals surface area contributed by atoms with E-state index in [1.54, 1.807) is 0 Å². The lowest BCUT2D eigenvalue weighted by molar-refractivity contribution is -0.120. The van der Waals surface area contributed by atoms with Crippen molar-refractivity contribution in [1.29, 1.82) is 0 Å². The number of rotatable bonds is 3. The van der Waals surface area contributed by atoms with Gasteiger partial charge in [0.05, 0.1) is 12.8 Å². The van der Waals surface area contributed by atoms with E-state index in [-0.39, 0.29) is 13.2 Å². The molecule has 1 rings (SSSR count). The predicted octanol–water partition coefficient (Wildman–Crippen LogP) is -1.77. The summed E-state index contributed by atoms with van der Waals surface area (Å²) >= 11 is 0. The Bertz CT molecular complexity index is 361. The van der Waals surface area contributed by atoms with Gasteiger partial charge in [-0.3, -0.25) is 10.1 Å². The molecule has 0 aliphatic carbocycles. The first-order chi connectivity index (χ1) is 7.15. The van der Waals surface area contributed by atoms with Crippen LogP contribution in [0.3, 0.4) is 0 Å². The molecular weight excluding hydrogens is 202 g/mol. The van der Waals surface area contributed by atoms with Crippen molar-refractivity contribution in [2.45, 2.75) is 13.2 Å². The summed E-state index contributed by atoms with van der Waals surface area (Å²) in [5, 5.41) is 20.1. The topological polar surface area (TPSA) is 109 Å². The molecule has 0 spiro atoms. The third-order valence-electron chi connectivity index (χ3n) is 1.53. The summed E-state index contributed by atoms with van der Waals surface area (Å²) in [5.41, 5.74) is 0.364. The Kier molecular flexibility index (Phi) is 3.75. The van der Waals surface area contributed by atoms with Crippen LogP contribution < -0.4 is 10.6 Å². The van der Waals surface area contributed by atoms with Crippen molar-refractivity contribution in [3.8, 4) is 0 Å². The van der Waals surface area contributed by atoms with E-state index in [9.17, 15) is 9.59 Å². The molecule has 1 aromatic heterocycles. The highest BCUT2D eigenvalue weighted by Crippen LogP contribution is 1.91. The van der Waals surface area contributed by atoms with Crippen molar-refractivity contribution >= 4 is 11.9 Å². The zero-order valence-corrected chi connectivity index (χ0v) is 8.10. The first kappa shape index (κ1) is 11.1. The molecule has 1 aromatic rings. The molecular formula is C7H11N5O3. The zero-order chi connectivity index (χ0) is 11.3. The van der Waals surface area contributed by atoms with Gasteiger partial charge in [-0.1, -0.05) is 5.21 Å². The molecule has 8 heteroatoms. The van der Waals surface area contributed by atoms with Gasteiger partial charge < -0.3 is 10.4 Å². The summed E-state index contributed by atoms with van der Waals surface area (Å²) in [6.07, 6.45) is 1.42. The highest BCUT2D eigenvalue weighted by atomic mass is 16.3. The number of hydrogen-bond acceptors (Lipinski definition) is 5. The molecule has 8 nitrogen and oxygen atoms in total. The molecule has 0 aliphatic heterocycles. The van der Waals surface area contributed by atoms with Crippen LogP contribution in [0.25, 0.3) is 0 Å². The molecule has 0 bridgehead atoms. The monoisotopic (exact) mass is 213 g/mol. The first-order valence-electron chi connectivity index (χ1n) is 4.17. The molecule has 0 fully saturated rings. The molecule has 0 saturated heterocycles. The Hall–Kier alpha value is -1.96. The van der Waals surface area contributed by atoms with Crippen LogP contribution in [0, 0.1) is 0 Å². The second-order valence-electron chi connectivity index (χ2n) is 2.69. The van der Waals surface area contributed by atoms with E-state index in [2.05, 4.69) is 20.9 Å². The van der Waals surface area contributed by atoms with Crippen LogP contribution in [0.1, 0.15) is 5.69 Å². The van der Waals surface area contributed by atoms with Crippen molar-refractivity contribution in [1.82, 2.24) is 25.6 Å². The molecule has 1 heterocycles. The lowest BCUT2D eigenvalue weighted by atomic mass is 10.5. The molecule has 3 N–H and O–H groups in total. The second kappa shape index (κ2) is 5.05. The second-order valence-corrected chi connectivity index (χ2v) is 2.69. The number of carbonyl (C=O) groups is 2. The highest BCUT2D eigenvalue weighted by molar-refractivity contribution is 5.93. The van der Waals surface area contributed by atoms with Crippen molar-refractivity contribution in [3.05, 3.63) is 11.9 Å². The fraction of sp³-hybridized carbons (Fsp3) is 0.429. The number of nitrogens with zero attached hydrogens (tertiary/aromatic N) is 3. The van der Waals surface area contributed by atoms with Gasteiger partial charge in [0.25, 0.3) is 0 Å². The molecule has 0 aromatic carbocycles. The van der Waals surface area contributed by atoms with Crippen LogP contribution in [-0.4, -0.2) is 39.1 Å². The number of nitrogens with one attached hydrogen (secondary N) is 2. The Morgan fingerprint density at radius 2 is 2.33 bits per heavy atom. The first-order valence-corrected chi connectivity index (χ1v) is 4.17. The molecule has 15 heavy (non-hydrogen) atoms. The largest absolute Gasteiger partial charge is 0.390 e. The van der Waals surface area contributed by atoms with Crippen molar-refractivity contribution in [3.63, 3.8) is 0 Å². The van der Waals surface area contributed by atoms with Gasteiger partial charge in [0.2, 0.25) is 5.91 Å². The summed E-state index contributed by atoms with van der Waals surface area (Å²) in [6.45, 7) is -0.364. The van der Waals surface area contributed by atoms with E-state index >= 15 is 0 Å². The molecule has 0 radical (unpaired) electrons. The maximum absolute atomic E-state index is 11.2. The minimum absolute atomic E-state index is 0.125. The summed E-state index contributed by atoms with van der Waals surface area (Å²) in [6, 6.07) is -0.581. The van der Waals surface area contributed by atoms with E-state index in [1.165, 1.54) is 17.9 Å². The smallest absolute Gasteiger partial charge is 0.321 e. The number of carbonyl (C=O) groups excluding carboxylic acids is 2. The van der Waals surface area contributed by atoms with Crippen LogP contribution in [-0.2, 0) is 17.9 Å². The predicted molar refractivity (Wildman–Crippen MR) is 48.5 cm³/mol. The number of aromatic nitrogens is 3. The van der Waals surface area contributed by atoms with Gasteiger partial charge in [-0.25, -0.2) is 9.48 Å². The van der Waals surface area contributed by atoms with Crippen LogP contribution in [0.15, 0.2) is 6.20 Å². The van der Waals surface area contributed by atoms with Gasteiger partial charge in [0.1, 0.15) is 12.2 Å². The summed E-state index contributed by atoms with van der Waals surface area (Å²) in [5.74, 6) is -0.510. The van der Waals surface area contributed by atoms with E-state index in [1.807, 2.05) is 0 Å². The molecule has 0 aliphatic rings. The third kappa shape index (κ3) is 3.35. The number of aliphatic hydroxyl groups excluding tert-OH is 1. The summed E-state index contributed by atoms with van der Waals surface area (Å²) in [4.78, 5) is 21.9. The van der Waals surface area contributed by atoms with E-state index in [0.717, 1.165) is 0 Å². The van der Waals surface area contributed by atoms with Crippen molar-refractivity contribution < 1.29 is 14.7 Å². The Morgan fingerprint density at radius 3 is 2.87 bits per heavy atom. The van der Waals surface area contributed by atoms with Gasteiger partial charge in [-0.05, 0) is 0 Å². The quantitative estimate of drug-likeness (QED) is 0.550. The number of imide groups is 1. The summed E-state index contributed by atoms with van der Waals surface area (Å²) in [7, 11) is 1.40. The maximum Gasteiger partial charge on any atom is 0.321 e. The van der Waals surface area contributed by atoms with Crippen LogP contribution in [0.4, 0.5) is 4.79 Å².